The molecule has 0 amide bonds. The minimum absolute atomic E-state index is 0.255. The van der Waals surface area contributed by atoms with Gasteiger partial charge >= 0.3 is 0 Å². The van der Waals surface area contributed by atoms with E-state index in [1.165, 1.54) is 18.6 Å². The summed E-state index contributed by atoms with van der Waals surface area (Å²) >= 11 is 2.00. The first-order valence-corrected chi connectivity index (χ1v) is 5.34. The lowest BCUT2D eigenvalue weighted by Crippen LogP contribution is -2.49. The molecule has 3 N–H and O–H groups in total. The average Bonchev–Trinajstić information content (AvgIpc) is 2.37. The van der Waals surface area contributed by atoms with Crippen LogP contribution in [0.1, 0.15) is 26.7 Å². The Kier molecular flexibility index (Phi) is 3.21. The second-order valence-electron chi connectivity index (χ2n) is 3.71. The van der Waals surface area contributed by atoms with Gasteiger partial charge in [-0.25, -0.2) is 0 Å². The van der Waals surface area contributed by atoms with E-state index >= 15 is 0 Å². The molecule has 0 aromatic heterocycles. The van der Waals surface area contributed by atoms with E-state index in [-0.39, 0.29) is 10.8 Å². The number of hydrogen-bond donors (Lipinski definition) is 2. The van der Waals surface area contributed by atoms with Crippen LogP contribution < -0.4 is 11.3 Å². The molecule has 2 atom stereocenters. The number of nitrogens with one attached hydrogen (secondary N) is 1. The molecule has 1 rings (SSSR count). The molecule has 12 heavy (non-hydrogen) atoms. The van der Waals surface area contributed by atoms with Crippen molar-refractivity contribution in [3.63, 3.8) is 0 Å². The van der Waals surface area contributed by atoms with E-state index in [2.05, 4.69) is 18.9 Å². The highest BCUT2D eigenvalue weighted by Crippen LogP contribution is 2.41. The lowest BCUT2D eigenvalue weighted by Gasteiger charge is -2.33. The van der Waals surface area contributed by atoms with Crippen LogP contribution >= 0.6 is 11.8 Å². The van der Waals surface area contributed by atoms with E-state index in [9.17, 15) is 0 Å². The van der Waals surface area contributed by atoms with Crippen molar-refractivity contribution in [1.29, 1.82) is 0 Å². The van der Waals surface area contributed by atoms with Crippen molar-refractivity contribution in [3.8, 4) is 0 Å². The molecule has 2 nitrogen and oxygen atoms in total. The summed E-state index contributed by atoms with van der Waals surface area (Å²) in [5.74, 6) is 6.77. The maximum atomic E-state index is 5.51. The molecule has 1 saturated heterocycles. The minimum Gasteiger partial charge on any atom is -0.271 e. The normalized spacial score (nSPS) is 31.9. The van der Waals surface area contributed by atoms with Gasteiger partial charge in [0.05, 0.1) is 6.04 Å². The molecule has 0 bridgehead atoms. The fourth-order valence-electron chi connectivity index (χ4n) is 1.87. The molecular formula is C9H18N2S. The van der Waals surface area contributed by atoms with Gasteiger partial charge in [-0.1, -0.05) is 12.2 Å². The summed E-state index contributed by atoms with van der Waals surface area (Å²) in [5, 5.41) is 0. The van der Waals surface area contributed by atoms with Gasteiger partial charge in [-0.15, -0.1) is 0 Å². The number of rotatable bonds is 3. The van der Waals surface area contributed by atoms with Crippen molar-refractivity contribution in [1.82, 2.24) is 5.43 Å². The van der Waals surface area contributed by atoms with E-state index in [4.69, 9.17) is 5.84 Å². The Labute approximate surface area is 78.9 Å². The second-order valence-corrected chi connectivity index (χ2v) is 5.34. The third-order valence-corrected chi connectivity index (χ3v) is 4.11. The summed E-state index contributed by atoms with van der Waals surface area (Å²) < 4.78 is 0.264. The maximum Gasteiger partial charge on any atom is 0.0558 e. The third-order valence-electron chi connectivity index (χ3n) is 2.52. The van der Waals surface area contributed by atoms with Gasteiger partial charge in [-0.2, -0.15) is 11.8 Å². The van der Waals surface area contributed by atoms with Crippen LogP contribution in [0.4, 0.5) is 0 Å². The van der Waals surface area contributed by atoms with Crippen molar-refractivity contribution in [3.05, 3.63) is 12.2 Å². The van der Waals surface area contributed by atoms with Crippen molar-refractivity contribution >= 4 is 11.8 Å². The number of thioether (sulfide) groups is 1. The summed E-state index contributed by atoms with van der Waals surface area (Å²) in [6, 6.07) is 0.255. The lowest BCUT2D eigenvalue weighted by atomic mass is 9.92. The first kappa shape index (κ1) is 10.1. The zero-order valence-corrected chi connectivity index (χ0v) is 8.71. The van der Waals surface area contributed by atoms with E-state index in [1.54, 1.807) is 0 Å². The molecule has 0 saturated carbocycles. The molecule has 0 radical (unpaired) electrons. The Hall–Kier alpha value is 0.0100. The molecule has 0 aromatic carbocycles. The first-order chi connectivity index (χ1) is 5.60. The molecule has 0 aliphatic carbocycles. The van der Waals surface area contributed by atoms with Crippen LogP contribution in [0, 0.1) is 0 Å². The van der Waals surface area contributed by atoms with Gasteiger partial charge in [0.15, 0.2) is 0 Å². The Morgan fingerprint density at radius 1 is 1.75 bits per heavy atom. The molecule has 3 heteroatoms. The molecule has 0 spiro atoms. The van der Waals surface area contributed by atoms with Crippen LogP contribution in [0.3, 0.4) is 0 Å². The van der Waals surface area contributed by atoms with Crippen molar-refractivity contribution in [2.75, 3.05) is 5.75 Å². The van der Waals surface area contributed by atoms with Gasteiger partial charge in [0, 0.05) is 4.75 Å². The highest BCUT2D eigenvalue weighted by molar-refractivity contribution is 8.00. The fraction of sp³-hybridized carbons (Fsp3) is 0.778. The SMILES string of the molecule is C=C(C)C(NN)C1(C)CCCS1. The predicted octanol–water partition coefficient (Wildman–Crippen LogP) is 1.68. The van der Waals surface area contributed by atoms with Crippen LogP contribution in [0.25, 0.3) is 0 Å². The Bertz CT molecular complexity index is 173. The van der Waals surface area contributed by atoms with Crippen LogP contribution in [0.5, 0.6) is 0 Å². The number of hydrogen-bond acceptors (Lipinski definition) is 3. The van der Waals surface area contributed by atoms with Gasteiger partial charge in [0.25, 0.3) is 0 Å². The van der Waals surface area contributed by atoms with E-state index in [0.717, 1.165) is 5.57 Å². The lowest BCUT2D eigenvalue weighted by molar-refractivity contribution is 0.453. The highest BCUT2D eigenvalue weighted by Gasteiger charge is 2.37. The van der Waals surface area contributed by atoms with Crippen molar-refractivity contribution < 1.29 is 0 Å². The number of nitrogens with two attached hydrogens (primary N) is 1. The molecule has 2 unspecified atom stereocenters. The summed E-state index contributed by atoms with van der Waals surface area (Å²) in [6.45, 7) is 8.26. The standard InChI is InChI=1S/C9H18N2S/c1-7(2)8(11-10)9(3)5-4-6-12-9/h8,11H,1,4-6,10H2,2-3H3. The molecule has 1 heterocycles. The Morgan fingerprint density at radius 2 is 2.42 bits per heavy atom. The van der Waals surface area contributed by atoms with Gasteiger partial charge in [-0.3, -0.25) is 11.3 Å². The van der Waals surface area contributed by atoms with Crippen molar-refractivity contribution in [2.24, 2.45) is 5.84 Å². The molecule has 70 valence electrons. The molecule has 1 aliphatic rings. The quantitative estimate of drug-likeness (QED) is 0.400. The molecular weight excluding hydrogens is 168 g/mol. The average molecular weight is 186 g/mol. The van der Waals surface area contributed by atoms with Crippen LogP contribution in [0.15, 0.2) is 12.2 Å². The summed E-state index contributed by atoms with van der Waals surface area (Å²) in [6.07, 6.45) is 2.53. The largest absolute Gasteiger partial charge is 0.271 e. The smallest absolute Gasteiger partial charge is 0.0558 e. The van der Waals surface area contributed by atoms with E-state index in [1.807, 2.05) is 18.7 Å². The number of hydrazine groups is 1. The summed E-state index contributed by atoms with van der Waals surface area (Å²) in [4.78, 5) is 0. The highest BCUT2D eigenvalue weighted by atomic mass is 32.2. The topological polar surface area (TPSA) is 38.0 Å². The van der Waals surface area contributed by atoms with Gasteiger partial charge in [0.2, 0.25) is 0 Å². The third kappa shape index (κ3) is 1.84. The second kappa shape index (κ2) is 3.81. The summed E-state index contributed by atoms with van der Waals surface area (Å²) in [5.41, 5.74) is 4.00. The fourth-order valence-corrected chi connectivity index (χ4v) is 3.35. The maximum absolute atomic E-state index is 5.51. The molecule has 1 fully saturated rings. The zero-order valence-electron chi connectivity index (χ0n) is 7.89. The monoisotopic (exact) mass is 186 g/mol. The summed E-state index contributed by atoms with van der Waals surface area (Å²) in [7, 11) is 0. The van der Waals surface area contributed by atoms with Crippen LogP contribution in [-0.4, -0.2) is 16.5 Å². The zero-order chi connectivity index (χ0) is 9.19. The Morgan fingerprint density at radius 3 is 2.75 bits per heavy atom. The van der Waals surface area contributed by atoms with Gasteiger partial charge in [0.1, 0.15) is 0 Å². The van der Waals surface area contributed by atoms with Gasteiger partial charge < -0.3 is 0 Å². The van der Waals surface area contributed by atoms with E-state index in [0.29, 0.717) is 0 Å². The molecule has 1 aliphatic heterocycles. The van der Waals surface area contributed by atoms with E-state index < -0.39 is 0 Å². The van der Waals surface area contributed by atoms with Gasteiger partial charge in [-0.05, 0) is 32.4 Å². The molecule has 0 aromatic rings. The van der Waals surface area contributed by atoms with Crippen LogP contribution in [-0.2, 0) is 0 Å². The van der Waals surface area contributed by atoms with Crippen LogP contribution in [0.2, 0.25) is 0 Å². The Balaban J connectivity index is 2.69. The van der Waals surface area contributed by atoms with Crippen molar-refractivity contribution in [2.45, 2.75) is 37.5 Å². The first-order valence-electron chi connectivity index (χ1n) is 4.35. The predicted molar refractivity (Wildman–Crippen MR) is 56.0 cm³/mol. The minimum atomic E-state index is 0.255.